The van der Waals surface area contributed by atoms with Crippen LogP contribution in [0, 0.1) is 0 Å². The molecule has 3 N–H and O–H groups in total. The number of carbonyl (C=O) groups is 2. The van der Waals surface area contributed by atoms with E-state index in [9.17, 15) is 19.8 Å². The highest BCUT2D eigenvalue weighted by Gasteiger charge is 2.20. The standard InChI is InChI=1S/C69H133NO5/c1-3-5-7-9-11-13-15-17-19-20-21-25-28-31-34-37-41-45-49-53-57-61-67(72)66(65-71)70-68(73)62-58-54-50-46-42-38-35-32-29-26-23-22-24-27-30-33-36-40-44-48-52-56-60-64-75-69(74)63-59-55-51-47-43-39-18-16-14-12-10-8-6-4-2/h16,18,26,29,66-67,71-72H,3-15,17,19-25,27-28,30-65H2,1-2H3,(H,70,73)/b18-16-,29-26-. The normalized spacial score (nSPS) is 12.6. The molecule has 0 spiro atoms. The van der Waals surface area contributed by atoms with Gasteiger partial charge in [-0.15, -0.1) is 0 Å². The van der Waals surface area contributed by atoms with E-state index in [-0.39, 0.29) is 18.5 Å². The number of amides is 1. The summed E-state index contributed by atoms with van der Waals surface area (Å²) in [7, 11) is 0. The largest absolute Gasteiger partial charge is 0.466 e. The van der Waals surface area contributed by atoms with Crippen molar-refractivity contribution in [1.29, 1.82) is 0 Å². The first kappa shape index (κ1) is 73.3. The van der Waals surface area contributed by atoms with Gasteiger partial charge in [-0.1, -0.05) is 314 Å². The van der Waals surface area contributed by atoms with Crippen LogP contribution >= 0.6 is 0 Å². The summed E-state index contributed by atoms with van der Waals surface area (Å²) in [5.74, 6) is -0.0337. The highest BCUT2D eigenvalue weighted by Crippen LogP contribution is 2.18. The van der Waals surface area contributed by atoms with Crippen LogP contribution in [0.1, 0.15) is 380 Å². The zero-order valence-corrected chi connectivity index (χ0v) is 50.8. The topological polar surface area (TPSA) is 95.9 Å². The number of carbonyl (C=O) groups excluding carboxylic acids is 2. The van der Waals surface area contributed by atoms with Crippen molar-refractivity contribution in [2.24, 2.45) is 0 Å². The van der Waals surface area contributed by atoms with E-state index < -0.39 is 12.1 Å². The average Bonchev–Trinajstić information content (AvgIpc) is 3.41. The molecule has 0 aromatic rings. The Morgan fingerprint density at radius 2 is 0.627 bits per heavy atom. The maximum atomic E-state index is 12.5. The van der Waals surface area contributed by atoms with E-state index in [0.29, 0.717) is 25.9 Å². The molecule has 0 saturated heterocycles. The summed E-state index contributed by atoms with van der Waals surface area (Å²) in [4.78, 5) is 24.6. The third kappa shape index (κ3) is 61.4. The number of nitrogens with one attached hydrogen (secondary N) is 1. The minimum Gasteiger partial charge on any atom is -0.466 e. The van der Waals surface area contributed by atoms with Crippen molar-refractivity contribution in [1.82, 2.24) is 5.32 Å². The molecule has 0 aliphatic carbocycles. The van der Waals surface area contributed by atoms with Crippen LogP contribution in [0.15, 0.2) is 24.3 Å². The molecule has 0 saturated carbocycles. The average molecular weight is 1060 g/mol. The smallest absolute Gasteiger partial charge is 0.305 e. The Labute approximate surface area is 469 Å². The Bertz CT molecular complexity index is 1170. The predicted molar refractivity (Wildman–Crippen MR) is 329 cm³/mol. The molecule has 0 radical (unpaired) electrons. The molecule has 75 heavy (non-hydrogen) atoms. The number of hydrogen-bond acceptors (Lipinski definition) is 5. The van der Waals surface area contributed by atoms with Gasteiger partial charge in [0.2, 0.25) is 5.91 Å². The van der Waals surface area contributed by atoms with Crippen LogP contribution in [-0.2, 0) is 14.3 Å². The van der Waals surface area contributed by atoms with Crippen molar-refractivity contribution in [3.05, 3.63) is 24.3 Å². The summed E-state index contributed by atoms with van der Waals surface area (Å²) >= 11 is 0. The molecule has 0 aliphatic rings. The van der Waals surface area contributed by atoms with E-state index in [0.717, 1.165) is 44.9 Å². The first-order valence-electron chi connectivity index (χ1n) is 34.1. The van der Waals surface area contributed by atoms with Gasteiger partial charge in [-0.3, -0.25) is 9.59 Å². The molecule has 6 heteroatoms. The quantitative estimate of drug-likeness (QED) is 0.0320. The maximum absolute atomic E-state index is 12.5. The molecule has 0 bridgehead atoms. The van der Waals surface area contributed by atoms with E-state index in [1.807, 2.05) is 0 Å². The van der Waals surface area contributed by atoms with E-state index in [1.54, 1.807) is 0 Å². The molecule has 0 heterocycles. The van der Waals surface area contributed by atoms with Crippen LogP contribution in [0.2, 0.25) is 0 Å². The van der Waals surface area contributed by atoms with E-state index in [4.69, 9.17) is 4.74 Å². The molecule has 0 aliphatic heterocycles. The summed E-state index contributed by atoms with van der Waals surface area (Å²) in [5.41, 5.74) is 0. The number of allylic oxidation sites excluding steroid dienone is 4. The summed E-state index contributed by atoms with van der Waals surface area (Å²) in [6.45, 7) is 4.97. The summed E-state index contributed by atoms with van der Waals surface area (Å²) in [5, 5.41) is 23.4. The second-order valence-corrected chi connectivity index (χ2v) is 23.5. The molecular weight excluding hydrogens is 923 g/mol. The summed E-state index contributed by atoms with van der Waals surface area (Å²) in [6.07, 6.45) is 80.6. The number of rotatable bonds is 64. The van der Waals surface area contributed by atoms with Gasteiger partial charge in [0.1, 0.15) is 0 Å². The van der Waals surface area contributed by atoms with Gasteiger partial charge in [0.15, 0.2) is 0 Å². The summed E-state index contributed by atoms with van der Waals surface area (Å²) < 4.78 is 5.48. The van der Waals surface area contributed by atoms with Crippen LogP contribution < -0.4 is 5.32 Å². The fourth-order valence-corrected chi connectivity index (χ4v) is 10.7. The monoisotopic (exact) mass is 1060 g/mol. The SMILES string of the molecule is CCCCCCC/C=C\CCCCCCCC(=O)OCCCCCCCCCCCCCC/C=C\CCCCCCCCCC(=O)NC(CO)C(O)CCCCCCCCCCCCCCCCCCCCCCC. The van der Waals surface area contributed by atoms with Crippen LogP contribution in [0.4, 0.5) is 0 Å². The van der Waals surface area contributed by atoms with E-state index in [1.165, 1.54) is 302 Å². The van der Waals surface area contributed by atoms with Gasteiger partial charge in [0.05, 0.1) is 25.4 Å². The molecule has 0 aromatic carbocycles. The maximum Gasteiger partial charge on any atom is 0.305 e. The van der Waals surface area contributed by atoms with Gasteiger partial charge in [-0.2, -0.15) is 0 Å². The lowest BCUT2D eigenvalue weighted by molar-refractivity contribution is -0.143. The minimum absolute atomic E-state index is 0.00371. The first-order chi connectivity index (χ1) is 37.0. The lowest BCUT2D eigenvalue weighted by Crippen LogP contribution is -2.45. The highest BCUT2D eigenvalue weighted by molar-refractivity contribution is 5.76. The number of hydrogen-bond donors (Lipinski definition) is 3. The molecule has 0 fully saturated rings. The van der Waals surface area contributed by atoms with E-state index >= 15 is 0 Å². The number of esters is 1. The third-order valence-electron chi connectivity index (χ3n) is 16.0. The van der Waals surface area contributed by atoms with Gasteiger partial charge in [-0.25, -0.2) is 0 Å². The van der Waals surface area contributed by atoms with Crippen molar-refractivity contribution in [2.45, 2.75) is 392 Å². The first-order valence-corrected chi connectivity index (χ1v) is 34.1. The zero-order chi connectivity index (χ0) is 54.3. The van der Waals surface area contributed by atoms with Gasteiger partial charge in [0, 0.05) is 12.8 Å². The van der Waals surface area contributed by atoms with Gasteiger partial charge in [0.25, 0.3) is 0 Å². The Morgan fingerprint density at radius 3 is 0.947 bits per heavy atom. The Balaban J connectivity index is 3.41. The van der Waals surface area contributed by atoms with Gasteiger partial charge in [-0.05, 0) is 77.0 Å². The predicted octanol–water partition coefficient (Wildman–Crippen LogP) is 21.8. The van der Waals surface area contributed by atoms with Crippen molar-refractivity contribution in [2.75, 3.05) is 13.2 Å². The van der Waals surface area contributed by atoms with Crippen LogP contribution in [-0.4, -0.2) is 47.4 Å². The van der Waals surface area contributed by atoms with Crippen molar-refractivity contribution in [3.8, 4) is 0 Å². The number of aliphatic hydroxyl groups is 2. The second-order valence-electron chi connectivity index (χ2n) is 23.5. The Morgan fingerprint density at radius 1 is 0.360 bits per heavy atom. The zero-order valence-electron chi connectivity index (χ0n) is 50.8. The number of ether oxygens (including phenoxy) is 1. The van der Waals surface area contributed by atoms with E-state index in [2.05, 4.69) is 43.5 Å². The Hall–Kier alpha value is -1.66. The van der Waals surface area contributed by atoms with Crippen LogP contribution in [0.5, 0.6) is 0 Å². The highest BCUT2D eigenvalue weighted by atomic mass is 16.5. The fourth-order valence-electron chi connectivity index (χ4n) is 10.7. The summed E-state index contributed by atoms with van der Waals surface area (Å²) in [6, 6.07) is -0.547. The third-order valence-corrected chi connectivity index (χ3v) is 16.0. The molecular formula is C69H133NO5. The molecule has 2 unspecified atom stereocenters. The number of aliphatic hydroxyl groups excluding tert-OH is 2. The second kappa shape index (κ2) is 64.9. The van der Waals surface area contributed by atoms with Crippen LogP contribution in [0.25, 0.3) is 0 Å². The van der Waals surface area contributed by atoms with Gasteiger partial charge < -0.3 is 20.3 Å². The number of unbranched alkanes of at least 4 members (excludes halogenated alkanes) is 49. The van der Waals surface area contributed by atoms with Crippen molar-refractivity contribution < 1.29 is 24.5 Å². The molecule has 444 valence electrons. The molecule has 0 rings (SSSR count). The lowest BCUT2D eigenvalue weighted by Gasteiger charge is -2.22. The molecule has 2 atom stereocenters. The molecule has 6 nitrogen and oxygen atoms in total. The minimum atomic E-state index is -0.669. The molecule has 1 amide bonds. The fraction of sp³-hybridized carbons (Fsp3) is 0.913. The van der Waals surface area contributed by atoms with Gasteiger partial charge >= 0.3 is 5.97 Å². The van der Waals surface area contributed by atoms with Crippen molar-refractivity contribution in [3.63, 3.8) is 0 Å². The molecule has 0 aromatic heterocycles. The lowest BCUT2D eigenvalue weighted by atomic mass is 10.0. The van der Waals surface area contributed by atoms with Crippen molar-refractivity contribution >= 4 is 11.9 Å². The van der Waals surface area contributed by atoms with Crippen LogP contribution in [0.3, 0.4) is 0 Å². The Kier molecular flexibility index (Phi) is 63.4.